The Bertz CT molecular complexity index is 613. The molecular formula is C17H24Cl2N4O2. The minimum atomic E-state index is 0.173. The monoisotopic (exact) mass is 386 g/mol. The molecular weight excluding hydrogens is 363 g/mol. The Labute approximate surface area is 158 Å². The van der Waals surface area contributed by atoms with Crippen LogP contribution < -0.4 is 4.90 Å². The van der Waals surface area contributed by atoms with Gasteiger partial charge in [0.1, 0.15) is 5.82 Å². The van der Waals surface area contributed by atoms with Gasteiger partial charge in [0.2, 0.25) is 5.91 Å². The van der Waals surface area contributed by atoms with Crippen molar-refractivity contribution < 1.29 is 9.53 Å². The second-order valence-electron chi connectivity index (χ2n) is 6.78. The third-order valence-corrected chi connectivity index (χ3v) is 5.06. The molecule has 2 saturated heterocycles. The average molecular weight is 387 g/mol. The van der Waals surface area contributed by atoms with Gasteiger partial charge in [0.05, 0.1) is 28.8 Å². The third kappa shape index (κ3) is 4.76. The lowest BCUT2D eigenvalue weighted by atomic mass is 10.2. The first-order valence-electron chi connectivity index (χ1n) is 8.64. The first-order chi connectivity index (χ1) is 11.9. The number of carbonyl (C=O) groups is 1. The fourth-order valence-electron chi connectivity index (χ4n) is 3.51. The van der Waals surface area contributed by atoms with E-state index in [2.05, 4.69) is 28.6 Å². The highest BCUT2D eigenvalue weighted by Crippen LogP contribution is 2.26. The van der Waals surface area contributed by atoms with Crippen LogP contribution in [0.5, 0.6) is 0 Å². The largest absolute Gasteiger partial charge is 0.373 e. The summed E-state index contributed by atoms with van der Waals surface area (Å²) >= 11 is 12.1. The van der Waals surface area contributed by atoms with Crippen LogP contribution in [-0.4, -0.2) is 78.7 Å². The summed E-state index contributed by atoms with van der Waals surface area (Å²) in [6.45, 7) is 8.96. The van der Waals surface area contributed by atoms with Crippen LogP contribution in [-0.2, 0) is 9.53 Å². The number of anilines is 1. The average Bonchev–Trinajstić information content (AvgIpc) is 2.54. The molecule has 0 aliphatic carbocycles. The van der Waals surface area contributed by atoms with Crippen molar-refractivity contribution in [2.24, 2.45) is 0 Å². The van der Waals surface area contributed by atoms with Crippen LogP contribution in [0.2, 0.25) is 10.0 Å². The zero-order valence-electron chi connectivity index (χ0n) is 14.6. The number of nitrogens with zero attached hydrogens (tertiary/aromatic N) is 4. The topological polar surface area (TPSA) is 48.9 Å². The molecule has 0 bridgehead atoms. The van der Waals surface area contributed by atoms with E-state index < -0.39 is 0 Å². The lowest BCUT2D eigenvalue weighted by Crippen LogP contribution is -2.54. The molecule has 8 heteroatoms. The number of carbonyl (C=O) groups excluding carboxylic acids is 1. The smallest absolute Gasteiger partial charge is 0.236 e. The molecule has 0 saturated carbocycles. The van der Waals surface area contributed by atoms with Gasteiger partial charge in [0.15, 0.2) is 0 Å². The molecule has 2 aliphatic heterocycles. The number of morpholine rings is 1. The molecule has 3 rings (SSSR count). The van der Waals surface area contributed by atoms with E-state index in [0.29, 0.717) is 29.7 Å². The highest BCUT2D eigenvalue weighted by Gasteiger charge is 2.27. The fraction of sp³-hybridized carbons (Fsp3) is 0.647. The Morgan fingerprint density at radius 3 is 2.44 bits per heavy atom. The number of amides is 1. The zero-order valence-corrected chi connectivity index (χ0v) is 16.1. The van der Waals surface area contributed by atoms with Crippen LogP contribution in [0.15, 0.2) is 12.3 Å². The molecule has 2 fully saturated rings. The minimum Gasteiger partial charge on any atom is -0.373 e. The lowest BCUT2D eigenvalue weighted by molar-refractivity contribution is -0.136. The SMILES string of the molecule is CC1CN(CC(=O)N2CCN(c3ncc(Cl)cc3Cl)CC2)CC(C)O1. The molecule has 0 aromatic carbocycles. The molecule has 1 aromatic heterocycles. The van der Waals surface area contributed by atoms with Crippen molar-refractivity contribution in [3.8, 4) is 0 Å². The number of rotatable bonds is 3. The number of halogens is 2. The second kappa shape index (κ2) is 8.08. The Morgan fingerprint density at radius 1 is 1.20 bits per heavy atom. The molecule has 3 heterocycles. The number of aromatic nitrogens is 1. The molecule has 138 valence electrons. The van der Waals surface area contributed by atoms with E-state index in [0.717, 1.165) is 32.0 Å². The van der Waals surface area contributed by atoms with Gasteiger partial charge >= 0.3 is 0 Å². The maximum atomic E-state index is 12.6. The Hall–Kier alpha value is -1.08. The molecule has 2 unspecified atom stereocenters. The van der Waals surface area contributed by atoms with E-state index in [1.54, 1.807) is 12.3 Å². The summed E-state index contributed by atoms with van der Waals surface area (Å²) in [6.07, 6.45) is 1.94. The van der Waals surface area contributed by atoms with Gasteiger partial charge in [-0.25, -0.2) is 4.98 Å². The third-order valence-electron chi connectivity index (χ3n) is 4.57. The normalized spacial score (nSPS) is 25.3. The van der Waals surface area contributed by atoms with E-state index in [9.17, 15) is 4.79 Å². The van der Waals surface area contributed by atoms with Crippen molar-refractivity contribution in [3.63, 3.8) is 0 Å². The Morgan fingerprint density at radius 2 is 1.84 bits per heavy atom. The van der Waals surface area contributed by atoms with E-state index in [4.69, 9.17) is 27.9 Å². The molecule has 2 aliphatic rings. The number of ether oxygens (including phenoxy) is 1. The van der Waals surface area contributed by atoms with Crippen LogP contribution in [0, 0.1) is 0 Å². The first kappa shape index (κ1) is 18.7. The van der Waals surface area contributed by atoms with Crippen LogP contribution in [0.1, 0.15) is 13.8 Å². The Kier molecular flexibility index (Phi) is 6.04. The second-order valence-corrected chi connectivity index (χ2v) is 7.62. The summed E-state index contributed by atoms with van der Waals surface area (Å²) in [5, 5.41) is 1.07. The van der Waals surface area contributed by atoms with Crippen LogP contribution in [0.4, 0.5) is 5.82 Å². The van der Waals surface area contributed by atoms with Crippen LogP contribution in [0.25, 0.3) is 0 Å². The van der Waals surface area contributed by atoms with Gasteiger partial charge in [-0.2, -0.15) is 0 Å². The zero-order chi connectivity index (χ0) is 18.0. The maximum Gasteiger partial charge on any atom is 0.236 e. The summed E-state index contributed by atoms with van der Waals surface area (Å²) < 4.78 is 5.72. The van der Waals surface area contributed by atoms with Crippen molar-refractivity contribution in [3.05, 3.63) is 22.3 Å². The standard InChI is InChI=1S/C17H24Cl2N4O2/c1-12-9-21(10-13(2)25-12)11-16(24)22-3-5-23(6-4-22)17-15(19)7-14(18)8-20-17/h7-8,12-13H,3-6,9-11H2,1-2H3. The number of piperazine rings is 1. The number of hydrogen-bond donors (Lipinski definition) is 0. The number of hydrogen-bond acceptors (Lipinski definition) is 5. The highest BCUT2D eigenvalue weighted by atomic mass is 35.5. The summed E-state index contributed by atoms with van der Waals surface area (Å²) in [5.41, 5.74) is 0. The van der Waals surface area contributed by atoms with Crippen molar-refractivity contribution in [1.29, 1.82) is 0 Å². The van der Waals surface area contributed by atoms with Crippen LogP contribution in [0.3, 0.4) is 0 Å². The molecule has 0 spiro atoms. The van der Waals surface area contributed by atoms with Gasteiger partial charge in [0.25, 0.3) is 0 Å². The predicted molar refractivity (Wildman–Crippen MR) is 99.5 cm³/mol. The molecule has 1 aromatic rings. The molecule has 0 radical (unpaired) electrons. The quantitative estimate of drug-likeness (QED) is 0.796. The highest BCUT2D eigenvalue weighted by molar-refractivity contribution is 6.36. The van der Waals surface area contributed by atoms with Crippen LogP contribution >= 0.6 is 23.2 Å². The fourth-order valence-corrected chi connectivity index (χ4v) is 4.01. The number of pyridine rings is 1. The molecule has 1 amide bonds. The molecule has 2 atom stereocenters. The molecule has 25 heavy (non-hydrogen) atoms. The van der Waals surface area contributed by atoms with E-state index in [-0.39, 0.29) is 18.1 Å². The first-order valence-corrected chi connectivity index (χ1v) is 9.39. The Balaban J connectivity index is 1.52. The van der Waals surface area contributed by atoms with Crippen molar-refractivity contribution >= 4 is 34.9 Å². The summed E-state index contributed by atoms with van der Waals surface area (Å²) in [4.78, 5) is 23.1. The van der Waals surface area contributed by atoms with Gasteiger partial charge in [-0.05, 0) is 19.9 Å². The summed E-state index contributed by atoms with van der Waals surface area (Å²) in [6, 6.07) is 1.70. The van der Waals surface area contributed by atoms with Gasteiger partial charge in [0, 0.05) is 45.5 Å². The lowest BCUT2D eigenvalue weighted by Gasteiger charge is -2.38. The summed E-state index contributed by atoms with van der Waals surface area (Å²) in [5.74, 6) is 0.908. The molecule has 6 nitrogen and oxygen atoms in total. The summed E-state index contributed by atoms with van der Waals surface area (Å²) in [7, 11) is 0. The maximum absolute atomic E-state index is 12.6. The minimum absolute atomic E-state index is 0.173. The van der Waals surface area contributed by atoms with Gasteiger partial charge < -0.3 is 14.5 Å². The van der Waals surface area contributed by atoms with E-state index in [1.165, 1.54) is 0 Å². The van der Waals surface area contributed by atoms with Crippen molar-refractivity contribution in [2.75, 3.05) is 50.7 Å². The van der Waals surface area contributed by atoms with E-state index >= 15 is 0 Å². The van der Waals surface area contributed by atoms with Crippen molar-refractivity contribution in [2.45, 2.75) is 26.1 Å². The van der Waals surface area contributed by atoms with Crippen molar-refractivity contribution in [1.82, 2.24) is 14.8 Å². The van der Waals surface area contributed by atoms with E-state index in [1.807, 2.05) is 4.90 Å². The van der Waals surface area contributed by atoms with Gasteiger partial charge in [-0.1, -0.05) is 23.2 Å². The van der Waals surface area contributed by atoms with Gasteiger partial charge in [-0.3, -0.25) is 9.69 Å². The molecule has 0 N–H and O–H groups in total. The van der Waals surface area contributed by atoms with Gasteiger partial charge in [-0.15, -0.1) is 0 Å². The predicted octanol–water partition coefficient (Wildman–Crippen LogP) is 2.15.